The van der Waals surface area contributed by atoms with Crippen LogP contribution in [0.4, 0.5) is 0 Å². The van der Waals surface area contributed by atoms with Crippen LogP contribution in [0.5, 0.6) is 17.2 Å². The van der Waals surface area contributed by atoms with Crippen LogP contribution in [0.25, 0.3) is 0 Å². The summed E-state index contributed by atoms with van der Waals surface area (Å²) < 4.78 is 11.0. The van der Waals surface area contributed by atoms with Crippen LogP contribution in [0.2, 0.25) is 15.1 Å². The first-order chi connectivity index (χ1) is 11.0. The van der Waals surface area contributed by atoms with E-state index in [0.717, 1.165) is 0 Å². The van der Waals surface area contributed by atoms with Crippen molar-refractivity contribution in [1.29, 1.82) is 0 Å². The molecular weight excluding hydrogens is 382 g/mol. The predicted octanol–water partition coefficient (Wildman–Crippen LogP) is 6.36. The summed E-state index contributed by atoms with van der Waals surface area (Å²) in [6.07, 6.45) is 0.733. The van der Waals surface area contributed by atoms with Crippen molar-refractivity contribution in [3.63, 3.8) is 0 Å². The molecule has 0 amide bonds. The van der Waals surface area contributed by atoms with Crippen molar-refractivity contribution in [3.05, 3.63) is 51.5 Å². The van der Waals surface area contributed by atoms with E-state index >= 15 is 0 Å². The molecule has 7 heteroatoms. The molecule has 0 aliphatic heterocycles. The number of rotatable bonds is 6. The van der Waals surface area contributed by atoms with Gasteiger partial charge in [-0.05, 0) is 36.8 Å². The minimum Gasteiger partial charge on any atom is -0.452 e. The normalized spacial score (nSPS) is 10.4. The van der Waals surface area contributed by atoms with E-state index in [4.69, 9.17) is 55.9 Å². The molecule has 0 N–H and O–H groups in total. The van der Waals surface area contributed by atoms with Crippen LogP contribution in [0.1, 0.15) is 12.8 Å². The molecular formula is C16H12Cl4O3. The highest BCUT2D eigenvalue weighted by Crippen LogP contribution is 2.37. The SMILES string of the molecule is O=C(CCCCl)Oc1cc(Cl)ccc1Oc1ccc(Cl)cc1Cl. The molecule has 2 aromatic rings. The molecule has 0 spiro atoms. The molecule has 0 saturated carbocycles. The summed E-state index contributed by atoms with van der Waals surface area (Å²) >= 11 is 23.4. The Morgan fingerprint density at radius 1 is 0.913 bits per heavy atom. The summed E-state index contributed by atoms with van der Waals surface area (Å²) in [7, 11) is 0. The van der Waals surface area contributed by atoms with Crippen LogP contribution < -0.4 is 9.47 Å². The topological polar surface area (TPSA) is 35.5 Å². The summed E-state index contributed by atoms with van der Waals surface area (Å²) in [5.74, 6) is 0.881. The minimum absolute atomic E-state index is 0.206. The Hall–Kier alpha value is -1.13. The number of benzene rings is 2. The molecule has 23 heavy (non-hydrogen) atoms. The van der Waals surface area contributed by atoms with E-state index in [1.165, 1.54) is 6.07 Å². The van der Waals surface area contributed by atoms with Crippen LogP contribution in [0.3, 0.4) is 0 Å². The third kappa shape index (κ3) is 5.47. The molecule has 0 aliphatic rings. The minimum atomic E-state index is -0.417. The van der Waals surface area contributed by atoms with Gasteiger partial charge in [0, 0.05) is 28.4 Å². The number of esters is 1. The van der Waals surface area contributed by atoms with Gasteiger partial charge in [-0.1, -0.05) is 34.8 Å². The number of hydrogen-bond acceptors (Lipinski definition) is 3. The van der Waals surface area contributed by atoms with Crippen molar-refractivity contribution in [3.8, 4) is 17.2 Å². The molecule has 3 nitrogen and oxygen atoms in total. The lowest BCUT2D eigenvalue weighted by Gasteiger charge is -2.12. The van der Waals surface area contributed by atoms with Crippen molar-refractivity contribution < 1.29 is 14.3 Å². The van der Waals surface area contributed by atoms with Gasteiger partial charge in [-0.3, -0.25) is 4.79 Å². The van der Waals surface area contributed by atoms with Gasteiger partial charge in [-0.15, -0.1) is 11.6 Å². The largest absolute Gasteiger partial charge is 0.452 e. The van der Waals surface area contributed by atoms with E-state index in [2.05, 4.69) is 0 Å². The quantitative estimate of drug-likeness (QED) is 0.325. The highest BCUT2D eigenvalue weighted by Gasteiger charge is 2.13. The molecule has 2 aromatic carbocycles. The maximum absolute atomic E-state index is 11.8. The van der Waals surface area contributed by atoms with Crippen LogP contribution in [0.15, 0.2) is 36.4 Å². The van der Waals surface area contributed by atoms with E-state index < -0.39 is 5.97 Å². The summed E-state index contributed by atoms with van der Waals surface area (Å²) in [6, 6.07) is 9.54. The fraction of sp³-hybridized carbons (Fsp3) is 0.188. The van der Waals surface area contributed by atoms with E-state index in [1.54, 1.807) is 30.3 Å². The molecule has 0 radical (unpaired) electrons. The van der Waals surface area contributed by atoms with Gasteiger partial charge < -0.3 is 9.47 Å². The summed E-state index contributed by atoms with van der Waals surface area (Å²) in [5.41, 5.74) is 0. The number of halogens is 4. The highest BCUT2D eigenvalue weighted by molar-refractivity contribution is 6.35. The lowest BCUT2D eigenvalue weighted by molar-refractivity contribution is -0.134. The molecule has 0 aromatic heterocycles. The zero-order valence-electron chi connectivity index (χ0n) is 11.8. The molecule has 0 atom stereocenters. The first-order valence-electron chi connectivity index (χ1n) is 6.68. The maximum Gasteiger partial charge on any atom is 0.311 e. The van der Waals surface area contributed by atoms with Gasteiger partial charge in [0.05, 0.1) is 5.02 Å². The van der Waals surface area contributed by atoms with Crippen molar-refractivity contribution in [1.82, 2.24) is 0 Å². The zero-order chi connectivity index (χ0) is 16.8. The molecule has 0 heterocycles. The van der Waals surface area contributed by atoms with Crippen molar-refractivity contribution in [2.24, 2.45) is 0 Å². The summed E-state index contributed by atoms with van der Waals surface area (Å²) in [5, 5.41) is 1.25. The molecule has 2 rings (SSSR count). The number of carbonyl (C=O) groups is 1. The number of ether oxygens (including phenoxy) is 2. The Labute approximate surface area is 154 Å². The van der Waals surface area contributed by atoms with Crippen LogP contribution >= 0.6 is 46.4 Å². The molecule has 0 unspecified atom stereocenters. The molecule has 0 fully saturated rings. The van der Waals surface area contributed by atoms with Gasteiger partial charge in [0.1, 0.15) is 5.75 Å². The second-order valence-corrected chi connectivity index (χ2v) is 6.19. The van der Waals surface area contributed by atoms with E-state index in [0.29, 0.717) is 38.9 Å². The van der Waals surface area contributed by atoms with Gasteiger partial charge in [0.15, 0.2) is 11.5 Å². The van der Waals surface area contributed by atoms with Crippen LogP contribution in [-0.2, 0) is 4.79 Å². The fourth-order valence-electron chi connectivity index (χ4n) is 1.71. The van der Waals surface area contributed by atoms with Crippen LogP contribution in [0, 0.1) is 0 Å². The van der Waals surface area contributed by atoms with Gasteiger partial charge in [0.2, 0.25) is 0 Å². The molecule has 0 bridgehead atoms. The summed E-state index contributed by atoms with van der Waals surface area (Å²) in [6.45, 7) is 0. The van der Waals surface area contributed by atoms with Crippen molar-refractivity contribution >= 4 is 52.4 Å². The number of hydrogen-bond donors (Lipinski definition) is 0. The Kier molecular flexibility index (Phi) is 6.85. The average Bonchev–Trinajstić information content (AvgIpc) is 2.50. The first kappa shape index (κ1) is 18.2. The fourth-order valence-corrected chi connectivity index (χ4v) is 2.45. The van der Waals surface area contributed by atoms with E-state index in [1.807, 2.05) is 0 Å². The third-order valence-corrected chi connectivity index (χ3v) is 3.79. The Morgan fingerprint density at radius 3 is 2.22 bits per heavy atom. The van der Waals surface area contributed by atoms with Crippen molar-refractivity contribution in [2.75, 3.05) is 5.88 Å². The van der Waals surface area contributed by atoms with E-state index in [9.17, 15) is 4.79 Å². The average molecular weight is 394 g/mol. The van der Waals surface area contributed by atoms with Gasteiger partial charge in [-0.2, -0.15) is 0 Å². The zero-order valence-corrected chi connectivity index (χ0v) is 14.8. The lowest BCUT2D eigenvalue weighted by Crippen LogP contribution is -2.08. The monoisotopic (exact) mass is 392 g/mol. The van der Waals surface area contributed by atoms with Crippen LogP contribution in [-0.4, -0.2) is 11.8 Å². The Balaban J connectivity index is 2.22. The van der Waals surface area contributed by atoms with E-state index in [-0.39, 0.29) is 12.2 Å². The number of alkyl halides is 1. The van der Waals surface area contributed by atoms with Gasteiger partial charge in [0.25, 0.3) is 0 Å². The predicted molar refractivity (Wildman–Crippen MR) is 93.6 cm³/mol. The second-order valence-electron chi connectivity index (χ2n) is 4.53. The standard InChI is InChI=1S/C16H12Cl4O3/c17-7-1-2-16(21)23-15-9-11(19)4-6-14(15)22-13-5-3-10(18)8-12(13)20/h3-6,8-9H,1-2,7H2. The highest BCUT2D eigenvalue weighted by atomic mass is 35.5. The molecule has 0 saturated heterocycles. The van der Waals surface area contributed by atoms with Crippen molar-refractivity contribution in [2.45, 2.75) is 12.8 Å². The third-order valence-electron chi connectivity index (χ3n) is 2.76. The van der Waals surface area contributed by atoms with Gasteiger partial charge >= 0.3 is 5.97 Å². The smallest absolute Gasteiger partial charge is 0.311 e. The first-order valence-corrected chi connectivity index (χ1v) is 8.35. The Morgan fingerprint density at radius 2 is 1.57 bits per heavy atom. The lowest BCUT2D eigenvalue weighted by atomic mass is 10.3. The maximum atomic E-state index is 11.8. The second kappa shape index (κ2) is 8.65. The van der Waals surface area contributed by atoms with Gasteiger partial charge in [-0.25, -0.2) is 0 Å². The number of carbonyl (C=O) groups excluding carboxylic acids is 1. The Bertz CT molecular complexity index is 704. The molecule has 122 valence electrons. The molecule has 0 aliphatic carbocycles. The summed E-state index contributed by atoms with van der Waals surface area (Å²) in [4.78, 5) is 11.8.